The highest BCUT2D eigenvalue weighted by atomic mass is 16.2. The molecule has 1 fully saturated rings. The van der Waals surface area contributed by atoms with E-state index in [-0.39, 0.29) is 5.91 Å². The predicted octanol–water partition coefficient (Wildman–Crippen LogP) is -3.29. The van der Waals surface area contributed by atoms with Gasteiger partial charge in [-0.25, -0.2) is 0 Å². The van der Waals surface area contributed by atoms with Gasteiger partial charge in [0, 0.05) is 0 Å². The van der Waals surface area contributed by atoms with E-state index in [0.29, 0.717) is 19.6 Å². The number of quaternary nitrogens is 2. The molecule has 18 heavy (non-hydrogen) atoms. The second-order valence-electron chi connectivity index (χ2n) is 6.08. The van der Waals surface area contributed by atoms with Crippen LogP contribution in [0.5, 0.6) is 0 Å². The number of nitrogens with one attached hydrogen (secondary N) is 2. The van der Waals surface area contributed by atoms with E-state index in [1.165, 1.54) is 6.34 Å². The molecule has 1 amide bonds. The van der Waals surface area contributed by atoms with Crippen LogP contribution in [0.1, 0.15) is 0 Å². The highest BCUT2D eigenvalue weighted by Crippen LogP contribution is 2.12. The maximum absolute atomic E-state index is 11.8. The molecule has 0 aromatic carbocycles. The van der Waals surface area contributed by atoms with Gasteiger partial charge in [0.15, 0.2) is 6.54 Å². The van der Waals surface area contributed by atoms with Gasteiger partial charge in [-0.3, -0.25) is 15.5 Å². The zero-order chi connectivity index (χ0) is 13.6. The highest BCUT2D eigenvalue weighted by molar-refractivity contribution is 5.77. The van der Waals surface area contributed by atoms with Gasteiger partial charge in [0.25, 0.3) is 5.91 Å². The lowest BCUT2D eigenvalue weighted by Gasteiger charge is -2.44. The average molecular weight is 258 g/mol. The zero-order valence-corrected chi connectivity index (χ0v) is 11.9. The van der Waals surface area contributed by atoms with Crippen LogP contribution < -0.4 is 16.0 Å². The fraction of sp³-hybridized carbons (Fsp3) is 0.833. The van der Waals surface area contributed by atoms with Gasteiger partial charge in [0.2, 0.25) is 6.34 Å². The molecule has 6 nitrogen and oxygen atoms in total. The van der Waals surface area contributed by atoms with Gasteiger partial charge < -0.3 is 14.3 Å². The molecule has 1 heterocycles. The zero-order valence-electron chi connectivity index (χ0n) is 11.9. The molecule has 1 aliphatic rings. The van der Waals surface area contributed by atoms with Crippen LogP contribution in [-0.2, 0) is 4.79 Å². The van der Waals surface area contributed by atoms with Crippen molar-refractivity contribution in [2.75, 3.05) is 67.0 Å². The molecular weight excluding hydrogens is 230 g/mol. The van der Waals surface area contributed by atoms with Crippen LogP contribution in [0.3, 0.4) is 0 Å². The lowest BCUT2D eigenvalue weighted by molar-refractivity contribution is -1.00. The van der Waals surface area contributed by atoms with Crippen molar-refractivity contribution in [1.82, 2.24) is 5.32 Å². The van der Waals surface area contributed by atoms with E-state index < -0.39 is 0 Å². The number of carbonyl (C=O) groups excluding carboxylic acids is 1. The third kappa shape index (κ3) is 5.01. The summed E-state index contributed by atoms with van der Waals surface area (Å²) >= 11 is 0. The molecule has 0 aromatic rings. The van der Waals surface area contributed by atoms with Crippen LogP contribution in [0.25, 0.3) is 0 Å². The van der Waals surface area contributed by atoms with Crippen molar-refractivity contribution in [3.05, 3.63) is 0 Å². The summed E-state index contributed by atoms with van der Waals surface area (Å²) in [5.74, 6) is 0.128. The van der Waals surface area contributed by atoms with Gasteiger partial charge in [-0.05, 0) is 0 Å². The van der Waals surface area contributed by atoms with Crippen LogP contribution in [0, 0.1) is 0 Å². The average Bonchev–Trinajstić information content (AvgIpc) is 2.29. The molecule has 0 aliphatic carbocycles. The first-order valence-corrected chi connectivity index (χ1v) is 6.56. The number of amides is 1. The number of likely N-dealkylation sites (N-methyl/N-ethyl adjacent to an activating group) is 2. The van der Waals surface area contributed by atoms with Gasteiger partial charge in [-0.1, -0.05) is 0 Å². The standard InChI is InChI=1S/C12H26N5O/c1-16(2)6-8-17(3,9-7-16)10-12(18)15-5-4-14-11-13/h11H,4-10H2,1-3H3,(H2-,13,14,15,18)/q+1/p+2. The Morgan fingerprint density at radius 1 is 1.28 bits per heavy atom. The summed E-state index contributed by atoms with van der Waals surface area (Å²) in [6, 6.07) is 0. The van der Waals surface area contributed by atoms with Crippen LogP contribution in [0.2, 0.25) is 0 Å². The highest BCUT2D eigenvalue weighted by Gasteiger charge is 2.35. The number of nitrogens with zero attached hydrogens (tertiary/aromatic N) is 2. The van der Waals surface area contributed by atoms with Gasteiger partial charge in [0.05, 0.1) is 34.2 Å². The summed E-state index contributed by atoms with van der Waals surface area (Å²) in [5, 5.41) is 2.91. The van der Waals surface area contributed by atoms with E-state index in [2.05, 4.69) is 31.5 Å². The molecule has 1 aliphatic heterocycles. The van der Waals surface area contributed by atoms with Gasteiger partial charge >= 0.3 is 0 Å². The van der Waals surface area contributed by atoms with E-state index in [9.17, 15) is 4.79 Å². The topological polar surface area (TPSA) is 69.1 Å². The van der Waals surface area contributed by atoms with Crippen molar-refractivity contribution in [3.8, 4) is 0 Å². The second-order valence-corrected chi connectivity index (χ2v) is 6.08. The smallest absolute Gasteiger partial charge is 0.275 e. The summed E-state index contributed by atoms with van der Waals surface area (Å²) in [7, 11) is 6.67. The first-order valence-electron chi connectivity index (χ1n) is 6.56. The van der Waals surface area contributed by atoms with Crippen molar-refractivity contribution in [3.63, 3.8) is 0 Å². The van der Waals surface area contributed by atoms with Crippen molar-refractivity contribution in [1.29, 1.82) is 0 Å². The monoisotopic (exact) mass is 258 g/mol. The molecule has 0 spiro atoms. The van der Waals surface area contributed by atoms with Gasteiger partial charge in [-0.15, -0.1) is 0 Å². The second kappa shape index (κ2) is 6.15. The molecule has 0 bridgehead atoms. The van der Waals surface area contributed by atoms with E-state index >= 15 is 0 Å². The van der Waals surface area contributed by atoms with Gasteiger partial charge in [0.1, 0.15) is 26.2 Å². The fourth-order valence-corrected chi connectivity index (χ4v) is 2.17. The summed E-state index contributed by atoms with van der Waals surface area (Å²) in [6.07, 6.45) is 1.39. The molecule has 4 N–H and O–H groups in total. The maximum Gasteiger partial charge on any atom is 0.275 e. The third-order valence-corrected chi connectivity index (χ3v) is 3.73. The largest absolute Gasteiger partial charge is 0.347 e. The van der Waals surface area contributed by atoms with Crippen molar-refractivity contribution in [2.24, 2.45) is 5.73 Å². The Hall–Kier alpha value is -1.14. The Morgan fingerprint density at radius 3 is 2.44 bits per heavy atom. The fourth-order valence-electron chi connectivity index (χ4n) is 2.17. The van der Waals surface area contributed by atoms with Crippen molar-refractivity contribution in [2.45, 2.75) is 0 Å². The molecule has 0 unspecified atom stereocenters. The molecule has 6 heteroatoms. The Labute approximate surface area is 110 Å². The van der Waals surface area contributed by atoms with Crippen LogP contribution in [0.4, 0.5) is 0 Å². The van der Waals surface area contributed by atoms with Gasteiger partial charge in [-0.2, -0.15) is 0 Å². The van der Waals surface area contributed by atoms with E-state index in [4.69, 9.17) is 5.73 Å². The summed E-state index contributed by atoms with van der Waals surface area (Å²) in [5.41, 5.74) is 5.19. The molecule has 0 atom stereocenters. The van der Waals surface area contributed by atoms with Crippen LogP contribution in [-0.4, -0.2) is 88.2 Å². The quantitative estimate of drug-likeness (QED) is 0.209. The normalized spacial score (nSPS) is 21.9. The first kappa shape index (κ1) is 14.9. The molecule has 104 valence electrons. The lowest BCUT2D eigenvalue weighted by atomic mass is 10.2. The number of piperazine rings is 1. The third-order valence-electron chi connectivity index (χ3n) is 3.73. The number of hydrogen-bond donors (Lipinski definition) is 3. The number of rotatable bonds is 5. The van der Waals surface area contributed by atoms with Crippen molar-refractivity contribution >= 4 is 12.2 Å². The maximum atomic E-state index is 11.8. The molecule has 1 rings (SSSR count). The molecule has 0 radical (unpaired) electrons. The Morgan fingerprint density at radius 2 is 1.89 bits per heavy atom. The van der Waals surface area contributed by atoms with E-state index in [1.807, 2.05) is 0 Å². The molecule has 0 aromatic heterocycles. The van der Waals surface area contributed by atoms with E-state index in [1.54, 1.807) is 0 Å². The minimum Gasteiger partial charge on any atom is -0.347 e. The minimum atomic E-state index is 0.128. The van der Waals surface area contributed by atoms with Crippen molar-refractivity contribution < 1.29 is 18.8 Å². The van der Waals surface area contributed by atoms with E-state index in [0.717, 1.165) is 35.1 Å². The molecule has 0 saturated carbocycles. The molecular formula is C12H28N5O+3. The Balaban J connectivity index is 2.31. The summed E-state index contributed by atoms with van der Waals surface area (Å²) in [6.45, 7) is 6.27. The molecule has 1 saturated heterocycles. The first-order chi connectivity index (χ1) is 8.37. The van der Waals surface area contributed by atoms with Crippen LogP contribution >= 0.6 is 0 Å². The number of hydrogen-bond acceptors (Lipinski definition) is 1. The summed E-state index contributed by atoms with van der Waals surface area (Å²) < 4.78 is 1.91. The Bertz CT molecular complexity index is 304. The SMILES string of the molecule is C[N+]1(C)CC[N+](C)(CC(=O)NCC[NH+]=CN)CC1. The minimum absolute atomic E-state index is 0.128. The summed E-state index contributed by atoms with van der Waals surface area (Å²) in [4.78, 5) is 14.7. The van der Waals surface area contributed by atoms with Crippen LogP contribution in [0.15, 0.2) is 0 Å². The number of carbonyl (C=O) groups is 1. The predicted molar refractivity (Wildman–Crippen MR) is 71.7 cm³/mol. The lowest BCUT2D eigenvalue weighted by Crippen LogP contribution is -2.73. The Kier molecular flexibility index (Phi) is 5.10. The number of nitrogens with two attached hydrogens (primary N) is 1.